The summed E-state index contributed by atoms with van der Waals surface area (Å²) in [5, 5.41) is 6.71. The van der Waals surface area contributed by atoms with E-state index in [0.29, 0.717) is 11.5 Å². The standard InChI is InChI=1S/C10H11ClN6O/c1-6-4-7(11)14-10(13-6)15-9(18)5-17-3-2-8(12)16-17/h2-4H,5H2,1H3,(H2,12,16)(H,13,14,15,18). The molecule has 2 aromatic rings. The third-order valence-electron chi connectivity index (χ3n) is 2.04. The van der Waals surface area contributed by atoms with Gasteiger partial charge in [-0.05, 0) is 19.1 Å². The van der Waals surface area contributed by atoms with Gasteiger partial charge in [-0.25, -0.2) is 9.97 Å². The molecule has 2 rings (SSSR count). The highest BCUT2D eigenvalue weighted by molar-refractivity contribution is 6.29. The smallest absolute Gasteiger partial charge is 0.248 e. The Morgan fingerprint density at radius 3 is 2.94 bits per heavy atom. The number of halogens is 1. The largest absolute Gasteiger partial charge is 0.382 e. The Hall–Kier alpha value is -2.15. The summed E-state index contributed by atoms with van der Waals surface area (Å²) in [5.41, 5.74) is 6.12. The molecule has 2 heterocycles. The number of aromatic nitrogens is 4. The Labute approximate surface area is 108 Å². The summed E-state index contributed by atoms with van der Waals surface area (Å²) < 4.78 is 1.42. The van der Waals surface area contributed by atoms with E-state index < -0.39 is 0 Å². The van der Waals surface area contributed by atoms with Gasteiger partial charge in [0.15, 0.2) is 0 Å². The van der Waals surface area contributed by atoms with Crippen molar-refractivity contribution in [1.82, 2.24) is 19.7 Å². The number of hydrogen-bond acceptors (Lipinski definition) is 5. The quantitative estimate of drug-likeness (QED) is 0.803. The molecule has 0 aliphatic carbocycles. The molecule has 1 amide bonds. The second kappa shape index (κ2) is 5.01. The van der Waals surface area contributed by atoms with Crippen molar-refractivity contribution in [2.24, 2.45) is 0 Å². The Morgan fingerprint density at radius 1 is 1.56 bits per heavy atom. The molecule has 0 saturated carbocycles. The first-order chi connectivity index (χ1) is 8.52. The molecule has 94 valence electrons. The highest BCUT2D eigenvalue weighted by Crippen LogP contribution is 2.09. The maximum Gasteiger partial charge on any atom is 0.248 e. The van der Waals surface area contributed by atoms with E-state index in [1.54, 1.807) is 25.3 Å². The maximum absolute atomic E-state index is 11.7. The number of nitrogens with two attached hydrogens (primary N) is 1. The van der Waals surface area contributed by atoms with Gasteiger partial charge in [0.2, 0.25) is 11.9 Å². The van der Waals surface area contributed by atoms with Crippen LogP contribution in [0, 0.1) is 6.92 Å². The van der Waals surface area contributed by atoms with Crippen molar-refractivity contribution >= 4 is 29.3 Å². The minimum absolute atomic E-state index is 0.0339. The third-order valence-corrected chi connectivity index (χ3v) is 2.23. The lowest BCUT2D eigenvalue weighted by Crippen LogP contribution is -2.20. The molecule has 0 atom stereocenters. The molecule has 8 heteroatoms. The molecule has 0 aromatic carbocycles. The lowest BCUT2D eigenvalue weighted by Gasteiger charge is -2.04. The van der Waals surface area contributed by atoms with Gasteiger partial charge in [0, 0.05) is 11.9 Å². The molecule has 0 aliphatic heterocycles. The fourth-order valence-electron chi connectivity index (χ4n) is 1.36. The first-order valence-electron chi connectivity index (χ1n) is 5.13. The van der Waals surface area contributed by atoms with E-state index in [4.69, 9.17) is 17.3 Å². The predicted octanol–water partition coefficient (Wildman–Crippen LogP) is 0.856. The number of nitrogens with zero attached hydrogens (tertiary/aromatic N) is 4. The number of anilines is 2. The molecule has 18 heavy (non-hydrogen) atoms. The number of hydrogen-bond donors (Lipinski definition) is 2. The van der Waals surface area contributed by atoms with Gasteiger partial charge in [-0.2, -0.15) is 5.10 Å². The van der Waals surface area contributed by atoms with Crippen molar-refractivity contribution in [3.63, 3.8) is 0 Å². The van der Waals surface area contributed by atoms with Crippen LogP contribution in [0.2, 0.25) is 5.15 Å². The zero-order valence-electron chi connectivity index (χ0n) is 9.59. The lowest BCUT2D eigenvalue weighted by molar-refractivity contribution is -0.116. The van der Waals surface area contributed by atoms with E-state index in [1.165, 1.54) is 4.68 Å². The lowest BCUT2D eigenvalue weighted by atomic mass is 10.4. The number of carbonyl (C=O) groups excluding carboxylic acids is 1. The van der Waals surface area contributed by atoms with Crippen LogP contribution in [0.3, 0.4) is 0 Å². The zero-order valence-corrected chi connectivity index (χ0v) is 10.3. The third kappa shape index (κ3) is 3.17. The van der Waals surface area contributed by atoms with E-state index in [-0.39, 0.29) is 23.6 Å². The van der Waals surface area contributed by atoms with Crippen LogP contribution < -0.4 is 11.1 Å². The Bertz CT molecular complexity index is 561. The van der Waals surface area contributed by atoms with E-state index in [1.807, 2.05) is 0 Å². The number of carbonyl (C=O) groups is 1. The van der Waals surface area contributed by atoms with Gasteiger partial charge in [0.05, 0.1) is 0 Å². The Morgan fingerprint density at radius 2 is 2.33 bits per heavy atom. The van der Waals surface area contributed by atoms with Gasteiger partial charge in [0.1, 0.15) is 17.5 Å². The average molecular weight is 267 g/mol. The van der Waals surface area contributed by atoms with Gasteiger partial charge in [-0.15, -0.1) is 0 Å². The number of rotatable bonds is 3. The first-order valence-corrected chi connectivity index (χ1v) is 5.51. The molecule has 7 nitrogen and oxygen atoms in total. The van der Waals surface area contributed by atoms with Crippen molar-refractivity contribution in [2.75, 3.05) is 11.1 Å². The van der Waals surface area contributed by atoms with Crippen LogP contribution in [0.25, 0.3) is 0 Å². The number of aryl methyl sites for hydroxylation is 1. The van der Waals surface area contributed by atoms with Crippen LogP contribution in [-0.4, -0.2) is 25.7 Å². The summed E-state index contributed by atoms with van der Waals surface area (Å²) in [6.45, 7) is 1.80. The van der Waals surface area contributed by atoms with Crippen LogP contribution in [0.15, 0.2) is 18.3 Å². The van der Waals surface area contributed by atoms with E-state index in [0.717, 1.165) is 0 Å². The van der Waals surface area contributed by atoms with Crippen LogP contribution in [0.4, 0.5) is 11.8 Å². The number of nitrogen functional groups attached to an aromatic ring is 1. The summed E-state index contributed by atoms with van der Waals surface area (Å²) in [6, 6.07) is 3.21. The van der Waals surface area contributed by atoms with Gasteiger partial charge in [0.25, 0.3) is 0 Å². The zero-order chi connectivity index (χ0) is 13.1. The number of nitrogens with one attached hydrogen (secondary N) is 1. The highest BCUT2D eigenvalue weighted by Gasteiger charge is 2.07. The molecule has 0 aliphatic rings. The average Bonchev–Trinajstić information content (AvgIpc) is 2.61. The monoisotopic (exact) mass is 266 g/mol. The minimum atomic E-state index is -0.306. The summed E-state index contributed by atoms with van der Waals surface area (Å²) >= 11 is 5.76. The topological polar surface area (TPSA) is 98.7 Å². The fourth-order valence-corrected chi connectivity index (χ4v) is 1.60. The second-order valence-electron chi connectivity index (χ2n) is 3.64. The van der Waals surface area contributed by atoms with Crippen LogP contribution in [0.5, 0.6) is 0 Å². The van der Waals surface area contributed by atoms with Crippen molar-refractivity contribution in [3.05, 3.63) is 29.2 Å². The highest BCUT2D eigenvalue weighted by atomic mass is 35.5. The van der Waals surface area contributed by atoms with Crippen molar-refractivity contribution in [3.8, 4) is 0 Å². The molecule has 0 radical (unpaired) electrons. The van der Waals surface area contributed by atoms with Crippen molar-refractivity contribution < 1.29 is 4.79 Å². The van der Waals surface area contributed by atoms with Crippen molar-refractivity contribution in [1.29, 1.82) is 0 Å². The molecule has 0 unspecified atom stereocenters. The molecular formula is C10H11ClN6O. The van der Waals surface area contributed by atoms with Crippen LogP contribution in [-0.2, 0) is 11.3 Å². The van der Waals surface area contributed by atoms with Gasteiger partial charge in [-0.3, -0.25) is 14.8 Å². The maximum atomic E-state index is 11.7. The van der Waals surface area contributed by atoms with Gasteiger partial charge >= 0.3 is 0 Å². The first kappa shape index (κ1) is 12.3. The summed E-state index contributed by atoms with van der Waals surface area (Å²) in [4.78, 5) is 19.6. The summed E-state index contributed by atoms with van der Waals surface area (Å²) in [7, 11) is 0. The molecule has 2 aromatic heterocycles. The van der Waals surface area contributed by atoms with Crippen LogP contribution in [0.1, 0.15) is 5.69 Å². The molecule has 0 spiro atoms. The van der Waals surface area contributed by atoms with E-state index in [2.05, 4.69) is 20.4 Å². The Balaban J connectivity index is 2.02. The molecule has 0 bridgehead atoms. The SMILES string of the molecule is Cc1cc(Cl)nc(NC(=O)Cn2ccc(N)n2)n1. The van der Waals surface area contributed by atoms with E-state index in [9.17, 15) is 4.79 Å². The normalized spacial score (nSPS) is 10.3. The number of amides is 1. The molecule has 0 saturated heterocycles. The van der Waals surface area contributed by atoms with Crippen molar-refractivity contribution in [2.45, 2.75) is 13.5 Å². The van der Waals surface area contributed by atoms with Crippen LogP contribution >= 0.6 is 11.6 Å². The van der Waals surface area contributed by atoms with Gasteiger partial charge < -0.3 is 5.73 Å². The summed E-state index contributed by atoms with van der Waals surface area (Å²) in [6.07, 6.45) is 1.61. The second-order valence-corrected chi connectivity index (χ2v) is 4.03. The fraction of sp³-hybridized carbons (Fsp3) is 0.200. The molecule has 3 N–H and O–H groups in total. The molecule has 0 fully saturated rings. The van der Waals surface area contributed by atoms with Gasteiger partial charge in [-0.1, -0.05) is 11.6 Å². The summed E-state index contributed by atoms with van der Waals surface area (Å²) in [5.74, 6) is 0.225. The van der Waals surface area contributed by atoms with E-state index >= 15 is 0 Å². The predicted molar refractivity (Wildman–Crippen MR) is 67.0 cm³/mol. The minimum Gasteiger partial charge on any atom is -0.382 e. The molecular weight excluding hydrogens is 256 g/mol. The Kier molecular flexibility index (Phi) is 3.42.